The molecule has 2 N–H and O–H groups in total. The van der Waals surface area contributed by atoms with E-state index in [0.29, 0.717) is 23.4 Å². The highest BCUT2D eigenvalue weighted by molar-refractivity contribution is 7.98. The molecule has 1 amide bonds. The van der Waals surface area contributed by atoms with Crippen LogP contribution in [0.2, 0.25) is 0 Å². The van der Waals surface area contributed by atoms with Crippen molar-refractivity contribution in [2.45, 2.75) is 43.7 Å². The van der Waals surface area contributed by atoms with E-state index in [1.54, 1.807) is 25.3 Å². The Morgan fingerprint density at radius 2 is 2.24 bits per heavy atom. The summed E-state index contributed by atoms with van der Waals surface area (Å²) in [4.78, 5) is 28.2. The van der Waals surface area contributed by atoms with Crippen molar-refractivity contribution in [2.75, 3.05) is 6.26 Å². The Labute approximate surface area is 128 Å². The van der Waals surface area contributed by atoms with Crippen molar-refractivity contribution in [3.05, 3.63) is 23.9 Å². The molecule has 2 atom stereocenters. The molecule has 1 saturated carbocycles. The quantitative estimate of drug-likeness (QED) is 0.836. The summed E-state index contributed by atoms with van der Waals surface area (Å²) >= 11 is 1.40. The van der Waals surface area contributed by atoms with E-state index in [9.17, 15) is 14.7 Å². The largest absolute Gasteiger partial charge is 0.481 e. The van der Waals surface area contributed by atoms with Gasteiger partial charge in [0.15, 0.2) is 0 Å². The number of nitrogens with zero attached hydrogens (tertiary/aromatic N) is 1. The molecule has 0 spiro atoms. The molecule has 1 aliphatic rings. The number of thioether (sulfide) groups is 1. The predicted octanol–water partition coefficient (Wildman–Crippen LogP) is 2.57. The van der Waals surface area contributed by atoms with Gasteiger partial charge in [-0.1, -0.05) is 12.8 Å². The van der Waals surface area contributed by atoms with Crippen LogP contribution in [0.1, 0.15) is 43.0 Å². The number of carbonyl (C=O) groups excluding carboxylic acids is 1. The van der Waals surface area contributed by atoms with Crippen molar-refractivity contribution in [1.29, 1.82) is 0 Å². The Hall–Kier alpha value is -1.56. The predicted molar refractivity (Wildman–Crippen MR) is 81.5 cm³/mol. The van der Waals surface area contributed by atoms with Gasteiger partial charge in [-0.25, -0.2) is 4.98 Å². The van der Waals surface area contributed by atoms with Crippen molar-refractivity contribution in [2.24, 2.45) is 5.41 Å². The highest BCUT2D eigenvalue weighted by Crippen LogP contribution is 2.36. The van der Waals surface area contributed by atoms with E-state index in [1.807, 2.05) is 6.26 Å². The Bertz CT molecular complexity index is 549. The van der Waals surface area contributed by atoms with Crippen LogP contribution in [-0.4, -0.2) is 34.3 Å². The molecule has 1 aromatic heterocycles. The molecule has 2 unspecified atom stereocenters. The van der Waals surface area contributed by atoms with Gasteiger partial charge in [-0.05, 0) is 38.2 Å². The first-order chi connectivity index (χ1) is 9.99. The maximum atomic E-state index is 12.4. The zero-order chi connectivity index (χ0) is 15.5. The number of hydrogen-bond acceptors (Lipinski definition) is 4. The lowest BCUT2D eigenvalue weighted by Crippen LogP contribution is -2.52. The van der Waals surface area contributed by atoms with Gasteiger partial charge in [-0.15, -0.1) is 11.8 Å². The molecule has 2 rings (SSSR count). The van der Waals surface area contributed by atoms with Crippen LogP contribution >= 0.6 is 11.8 Å². The average molecular weight is 308 g/mol. The summed E-state index contributed by atoms with van der Waals surface area (Å²) in [5, 5.41) is 13.0. The molecular formula is C15H20N2O3S. The first kappa shape index (κ1) is 15.8. The van der Waals surface area contributed by atoms with Gasteiger partial charge in [-0.3, -0.25) is 9.59 Å². The van der Waals surface area contributed by atoms with Crippen molar-refractivity contribution in [1.82, 2.24) is 10.3 Å². The summed E-state index contributed by atoms with van der Waals surface area (Å²) in [5.74, 6) is -1.09. The number of hydrogen-bond donors (Lipinski definition) is 2. The molecule has 114 valence electrons. The highest BCUT2D eigenvalue weighted by Gasteiger charge is 2.44. The van der Waals surface area contributed by atoms with E-state index in [2.05, 4.69) is 10.3 Å². The van der Waals surface area contributed by atoms with E-state index in [4.69, 9.17) is 0 Å². The fourth-order valence-corrected chi connectivity index (χ4v) is 3.33. The molecule has 1 heterocycles. The van der Waals surface area contributed by atoms with Gasteiger partial charge >= 0.3 is 5.97 Å². The first-order valence-corrected chi connectivity index (χ1v) is 8.25. The average Bonchev–Trinajstić information content (AvgIpc) is 2.49. The molecule has 0 aromatic carbocycles. The van der Waals surface area contributed by atoms with Crippen LogP contribution in [0.4, 0.5) is 0 Å². The zero-order valence-corrected chi connectivity index (χ0v) is 13.1. The summed E-state index contributed by atoms with van der Waals surface area (Å²) < 4.78 is 0. The molecule has 1 aliphatic carbocycles. The minimum atomic E-state index is -0.893. The molecule has 6 heteroatoms. The third-order valence-electron chi connectivity index (χ3n) is 4.21. The molecule has 21 heavy (non-hydrogen) atoms. The Morgan fingerprint density at radius 3 is 2.90 bits per heavy atom. The van der Waals surface area contributed by atoms with Gasteiger partial charge in [0.25, 0.3) is 5.91 Å². The molecule has 0 bridgehead atoms. The van der Waals surface area contributed by atoms with Crippen LogP contribution in [0.25, 0.3) is 0 Å². The number of carbonyl (C=O) groups is 2. The van der Waals surface area contributed by atoms with E-state index >= 15 is 0 Å². The maximum Gasteiger partial charge on any atom is 0.311 e. The van der Waals surface area contributed by atoms with Crippen molar-refractivity contribution in [3.8, 4) is 0 Å². The molecule has 1 fully saturated rings. The number of aromatic nitrogens is 1. The third-order valence-corrected chi connectivity index (χ3v) is 4.92. The van der Waals surface area contributed by atoms with Crippen LogP contribution in [0, 0.1) is 5.41 Å². The molecule has 5 nitrogen and oxygen atoms in total. The van der Waals surface area contributed by atoms with Gasteiger partial charge in [0.05, 0.1) is 11.0 Å². The van der Waals surface area contributed by atoms with Crippen molar-refractivity contribution in [3.63, 3.8) is 0 Å². The number of nitrogens with one attached hydrogen (secondary N) is 1. The van der Waals surface area contributed by atoms with Gasteiger partial charge in [0.1, 0.15) is 5.03 Å². The van der Waals surface area contributed by atoms with E-state index in [-0.39, 0.29) is 11.9 Å². The molecule has 0 aliphatic heterocycles. The van der Waals surface area contributed by atoms with Crippen LogP contribution in [0.3, 0.4) is 0 Å². The summed E-state index contributed by atoms with van der Waals surface area (Å²) in [6.07, 6.45) is 6.62. The number of carboxylic acids is 1. The van der Waals surface area contributed by atoms with Gasteiger partial charge < -0.3 is 10.4 Å². The number of rotatable bonds is 4. The van der Waals surface area contributed by atoms with Crippen molar-refractivity contribution >= 4 is 23.6 Å². The van der Waals surface area contributed by atoms with Gasteiger partial charge in [0.2, 0.25) is 0 Å². The Kier molecular flexibility index (Phi) is 4.88. The van der Waals surface area contributed by atoms with E-state index in [1.165, 1.54) is 11.8 Å². The topological polar surface area (TPSA) is 79.3 Å². The number of pyridine rings is 1. The SMILES string of the molecule is CSc1ncccc1C(=O)NC1CCCCC1(C)C(=O)O. The normalized spacial score (nSPS) is 25.3. The zero-order valence-electron chi connectivity index (χ0n) is 12.3. The van der Waals surface area contributed by atoms with Crippen LogP contribution in [-0.2, 0) is 4.79 Å². The number of aliphatic carboxylic acids is 1. The lowest BCUT2D eigenvalue weighted by atomic mass is 9.71. The minimum Gasteiger partial charge on any atom is -0.481 e. The summed E-state index contributed by atoms with van der Waals surface area (Å²) in [7, 11) is 0. The van der Waals surface area contributed by atoms with Crippen LogP contribution in [0.5, 0.6) is 0 Å². The number of carboxylic acid groups (broad SMARTS) is 1. The maximum absolute atomic E-state index is 12.4. The molecule has 1 aromatic rings. The van der Waals surface area contributed by atoms with E-state index in [0.717, 1.165) is 12.8 Å². The Morgan fingerprint density at radius 1 is 1.48 bits per heavy atom. The second kappa shape index (κ2) is 6.47. The minimum absolute atomic E-state index is 0.244. The number of amides is 1. The first-order valence-electron chi connectivity index (χ1n) is 7.02. The lowest BCUT2D eigenvalue weighted by Gasteiger charge is -2.38. The molecule has 0 radical (unpaired) electrons. The summed E-state index contributed by atoms with van der Waals surface area (Å²) in [6.45, 7) is 1.72. The van der Waals surface area contributed by atoms with Gasteiger partial charge in [0, 0.05) is 12.2 Å². The van der Waals surface area contributed by atoms with Crippen LogP contribution in [0.15, 0.2) is 23.4 Å². The molecular weight excluding hydrogens is 288 g/mol. The lowest BCUT2D eigenvalue weighted by molar-refractivity contribution is -0.151. The highest BCUT2D eigenvalue weighted by atomic mass is 32.2. The smallest absolute Gasteiger partial charge is 0.311 e. The van der Waals surface area contributed by atoms with Crippen LogP contribution < -0.4 is 5.32 Å². The van der Waals surface area contributed by atoms with E-state index < -0.39 is 11.4 Å². The summed E-state index contributed by atoms with van der Waals surface area (Å²) in [5.41, 5.74) is -0.390. The monoisotopic (exact) mass is 308 g/mol. The second-order valence-electron chi connectivity index (χ2n) is 5.55. The second-order valence-corrected chi connectivity index (χ2v) is 6.35. The summed E-state index contributed by atoms with van der Waals surface area (Å²) in [6, 6.07) is 3.09. The fourth-order valence-electron chi connectivity index (χ4n) is 2.78. The van der Waals surface area contributed by atoms with Crippen molar-refractivity contribution < 1.29 is 14.7 Å². The standard InChI is InChI=1S/C15H20N2O3S/c1-15(14(19)20)8-4-3-7-11(15)17-12(18)10-6-5-9-16-13(10)21-2/h5-6,9,11H,3-4,7-8H2,1-2H3,(H,17,18)(H,19,20). The molecule has 0 saturated heterocycles. The Balaban J connectivity index is 2.19. The fraction of sp³-hybridized carbons (Fsp3) is 0.533. The third kappa shape index (κ3) is 3.20. The van der Waals surface area contributed by atoms with Gasteiger partial charge in [-0.2, -0.15) is 0 Å².